The number of benzene rings is 1. The highest BCUT2D eigenvalue weighted by Crippen LogP contribution is 2.12. The minimum atomic E-state index is -1.29. The molecule has 0 saturated heterocycles. The monoisotopic (exact) mass is 226 g/mol. The van der Waals surface area contributed by atoms with Crippen molar-refractivity contribution < 1.29 is 19.1 Å². The van der Waals surface area contributed by atoms with Gasteiger partial charge in [-0.1, -0.05) is 12.1 Å². The number of nitrogens with two attached hydrogens (primary N) is 1. The number of carbonyl (C=O) groups excluding carboxylic acids is 1. The number of halogens is 1. The Kier molecular flexibility index (Phi) is 3.96. The second-order valence-electron chi connectivity index (χ2n) is 3.18. The van der Waals surface area contributed by atoms with E-state index in [9.17, 15) is 14.0 Å². The molecule has 0 bridgehead atoms. The molecule has 0 aromatic heterocycles. The highest BCUT2D eigenvalue weighted by atomic mass is 19.1. The topological polar surface area (TPSA) is 92.4 Å². The maximum absolute atomic E-state index is 13.1. The van der Waals surface area contributed by atoms with E-state index in [4.69, 9.17) is 10.8 Å². The Labute approximate surface area is 91.1 Å². The summed E-state index contributed by atoms with van der Waals surface area (Å²) in [5.74, 6) is -2.50. The van der Waals surface area contributed by atoms with Gasteiger partial charge in [-0.05, 0) is 12.1 Å². The molecule has 0 heterocycles. The van der Waals surface area contributed by atoms with Crippen LogP contribution in [0.3, 0.4) is 0 Å². The maximum atomic E-state index is 13.1. The quantitative estimate of drug-likeness (QED) is 0.699. The second-order valence-corrected chi connectivity index (χ2v) is 3.18. The van der Waals surface area contributed by atoms with Crippen LogP contribution in [0.2, 0.25) is 0 Å². The lowest BCUT2D eigenvalue weighted by molar-refractivity contribution is -0.140. The van der Waals surface area contributed by atoms with E-state index < -0.39 is 30.2 Å². The van der Waals surface area contributed by atoms with Crippen molar-refractivity contribution in [2.24, 2.45) is 5.73 Å². The molecule has 16 heavy (non-hydrogen) atoms. The van der Waals surface area contributed by atoms with Crippen LogP contribution in [0.15, 0.2) is 24.3 Å². The van der Waals surface area contributed by atoms with Gasteiger partial charge in [0.1, 0.15) is 11.9 Å². The van der Waals surface area contributed by atoms with Crippen LogP contribution in [0.4, 0.5) is 10.1 Å². The number of anilines is 1. The van der Waals surface area contributed by atoms with E-state index in [2.05, 4.69) is 5.32 Å². The molecule has 1 rings (SSSR count). The first-order valence-corrected chi connectivity index (χ1v) is 4.53. The normalized spacial score (nSPS) is 11.9. The molecule has 1 aromatic rings. The van der Waals surface area contributed by atoms with Crippen LogP contribution in [0.5, 0.6) is 0 Å². The number of para-hydroxylation sites is 1. The highest BCUT2D eigenvalue weighted by Gasteiger charge is 2.16. The number of nitrogens with one attached hydrogen (secondary N) is 1. The Morgan fingerprint density at radius 2 is 2.06 bits per heavy atom. The molecule has 0 radical (unpaired) electrons. The summed E-state index contributed by atoms with van der Waals surface area (Å²) in [4.78, 5) is 21.6. The van der Waals surface area contributed by atoms with Gasteiger partial charge in [0.25, 0.3) is 0 Å². The maximum Gasteiger partial charge on any atom is 0.321 e. The van der Waals surface area contributed by atoms with Crippen molar-refractivity contribution >= 4 is 17.6 Å². The molecule has 0 aliphatic heterocycles. The Balaban J connectivity index is 2.59. The van der Waals surface area contributed by atoms with Crippen LogP contribution in [0.25, 0.3) is 0 Å². The van der Waals surface area contributed by atoms with Gasteiger partial charge in [-0.15, -0.1) is 0 Å². The van der Waals surface area contributed by atoms with E-state index in [1.807, 2.05) is 0 Å². The fraction of sp³-hybridized carbons (Fsp3) is 0.200. The van der Waals surface area contributed by atoms with E-state index in [0.717, 1.165) is 0 Å². The molecule has 0 fully saturated rings. The Hall–Kier alpha value is -1.95. The molecule has 0 saturated carbocycles. The van der Waals surface area contributed by atoms with Gasteiger partial charge in [0.2, 0.25) is 5.91 Å². The number of aliphatic carboxylic acids is 1. The fourth-order valence-electron chi connectivity index (χ4n) is 1.05. The van der Waals surface area contributed by atoms with E-state index in [0.29, 0.717) is 0 Å². The third kappa shape index (κ3) is 3.32. The zero-order valence-electron chi connectivity index (χ0n) is 8.31. The van der Waals surface area contributed by atoms with Crippen molar-refractivity contribution in [3.8, 4) is 0 Å². The van der Waals surface area contributed by atoms with Crippen LogP contribution in [0.1, 0.15) is 6.42 Å². The van der Waals surface area contributed by atoms with Gasteiger partial charge in [-0.3, -0.25) is 9.59 Å². The molecular formula is C10H11FN2O3. The number of amides is 1. The molecule has 1 amide bonds. The molecule has 1 aromatic carbocycles. The van der Waals surface area contributed by atoms with Gasteiger partial charge < -0.3 is 16.2 Å². The Bertz CT molecular complexity index is 409. The van der Waals surface area contributed by atoms with Gasteiger partial charge in [0.15, 0.2) is 0 Å². The van der Waals surface area contributed by atoms with Crippen molar-refractivity contribution in [3.63, 3.8) is 0 Å². The van der Waals surface area contributed by atoms with Crippen LogP contribution in [-0.2, 0) is 9.59 Å². The molecule has 4 N–H and O–H groups in total. The van der Waals surface area contributed by atoms with Crippen molar-refractivity contribution in [1.82, 2.24) is 0 Å². The van der Waals surface area contributed by atoms with E-state index >= 15 is 0 Å². The molecule has 1 unspecified atom stereocenters. The number of carboxylic acids is 1. The smallest absolute Gasteiger partial charge is 0.321 e. The first-order chi connectivity index (χ1) is 7.50. The van der Waals surface area contributed by atoms with Crippen molar-refractivity contribution in [2.75, 3.05) is 5.32 Å². The van der Waals surface area contributed by atoms with Crippen molar-refractivity contribution in [2.45, 2.75) is 12.5 Å². The van der Waals surface area contributed by atoms with E-state index in [1.54, 1.807) is 6.07 Å². The van der Waals surface area contributed by atoms with Crippen molar-refractivity contribution in [3.05, 3.63) is 30.1 Å². The molecule has 0 aliphatic carbocycles. The lowest BCUT2D eigenvalue weighted by Crippen LogP contribution is -2.34. The first-order valence-electron chi connectivity index (χ1n) is 4.53. The summed E-state index contributed by atoms with van der Waals surface area (Å²) in [6.07, 6.45) is -0.399. The van der Waals surface area contributed by atoms with Crippen LogP contribution in [0, 0.1) is 5.82 Å². The average molecular weight is 226 g/mol. The largest absolute Gasteiger partial charge is 0.480 e. The Morgan fingerprint density at radius 1 is 1.44 bits per heavy atom. The summed E-state index contributed by atoms with van der Waals surface area (Å²) in [5, 5.41) is 10.7. The van der Waals surface area contributed by atoms with Crippen molar-refractivity contribution in [1.29, 1.82) is 0 Å². The number of carbonyl (C=O) groups is 2. The summed E-state index contributed by atoms with van der Waals surface area (Å²) in [6.45, 7) is 0. The molecule has 0 aliphatic rings. The number of rotatable bonds is 4. The van der Waals surface area contributed by atoms with Gasteiger partial charge in [-0.2, -0.15) is 0 Å². The van der Waals surface area contributed by atoms with Gasteiger partial charge >= 0.3 is 5.97 Å². The summed E-state index contributed by atoms with van der Waals surface area (Å²) in [5.41, 5.74) is 5.16. The molecular weight excluding hydrogens is 215 g/mol. The lowest BCUT2D eigenvalue weighted by Gasteiger charge is -2.08. The minimum absolute atomic E-state index is 0.00471. The summed E-state index contributed by atoms with van der Waals surface area (Å²) in [6, 6.07) is 4.31. The fourth-order valence-corrected chi connectivity index (χ4v) is 1.05. The van der Waals surface area contributed by atoms with E-state index in [-0.39, 0.29) is 5.69 Å². The van der Waals surface area contributed by atoms with Crippen LogP contribution in [-0.4, -0.2) is 23.0 Å². The zero-order chi connectivity index (χ0) is 12.1. The summed E-state index contributed by atoms with van der Waals surface area (Å²) in [7, 11) is 0. The average Bonchev–Trinajstić information content (AvgIpc) is 2.21. The van der Waals surface area contributed by atoms with Crippen LogP contribution < -0.4 is 11.1 Å². The lowest BCUT2D eigenvalue weighted by atomic mass is 10.2. The standard InChI is InChI=1S/C10H11FN2O3/c11-6-3-1-2-4-8(6)13-9(14)5-7(12)10(15)16/h1-4,7H,5,12H2,(H,13,14)(H,15,16). The van der Waals surface area contributed by atoms with Crippen LogP contribution >= 0.6 is 0 Å². The van der Waals surface area contributed by atoms with Gasteiger partial charge in [0, 0.05) is 0 Å². The number of carboxylic acid groups (broad SMARTS) is 1. The first kappa shape index (κ1) is 12.1. The predicted molar refractivity (Wildman–Crippen MR) is 55.3 cm³/mol. The molecule has 6 heteroatoms. The van der Waals surface area contributed by atoms with Gasteiger partial charge in [0.05, 0.1) is 12.1 Å². The molecule has 5 nitrogen and oxygen atoms in total. The minimum Gasteiger partial charge on any atom is -0.480 e. The second kappa shape index (κ2) is 5.22. The third-order valence-electron chi connectivity index (χ3n) is 1.87. The van der Waals surface area contributed by atoms with E-state index in [1.165, 1.54) is 18.2 Å². The zero-order valence-corrected chi connectivity index (χ0v) is 8.31. The number of hydrogen-bond donors (Lipinski definition) is 3. The SMILES string of the molecule is NC(CC(=O)Nc1ccccc1F)C(=O)O. The highest BCUT2D eigenvalue weighted by molar-refractivity contribution is 5.94. The van der Waals surface area contributed by atoms with Gasteiger partial charge in [-0.25, -0.2) is 4.39 Å². The molecule has 0 spiro atoms. The third-order valence-corrected chi connectivity index (χ3v) is 1.87. The molecule has 1 atom stereocenters. The molecule has 86 valence electrons. The summed E-state index contributed by atoms with van der Waals surface area (Å²) >= 11 is 0. The predicted octanol–water partition coefficient (Wildman–Crippen LogP) is 0.566. The summed E-state index contributed by atoms with van der Waals surface area (Å²) < 4.78 is 13.1. The Morgan fingerprint density at radius 3 is 2.62 bits per heavy atom. The number of hydrogen-bond acceptors (Lipinski definition) is 3.